The van der Waals surface area contributed by atoms with Gasteiger partial charge in [-0.1, -0.05) is 136 Å². The Morgan fingerprint density at radius 2 is 0.886 bits per heavy atom. The largest absolute Gasteiger partial charge is 0.550 e. The van der Waals surface area contributed by atoms with Gasteiger partial charge in [-0.25, -0.2) is 0 Å². The number of rotatable bonds is 32. The zero-order chi connectivity index (χ0) is 33.1. The molecular weight excluding hydrogens is 554 g/mol. The number of nitrogens with zero attached hydrogens (tertiary/aromatic N) is 1. The van der Waals surface area contributed by atoms with Gasteiger partial charge in [0.05, 0.1) is 32.1 Å². The average Bonchev–Trinajstić information content (AvgIpc) is 2.99. The predicted octanol–water partition coefficient (Wildman–Crippen LogP) is 8.40. The number of quaternary nitrogens is 1. The van der Waals surface area contributed by atoms with Crippen LogP contribution in [0.3, 0.4) is 0 Å². The molecule has 0 aliphatic carbocycles. The maximum Gasteiger partial charge on any atom is 0.312 e. The average molecular weight is 624 g/mol. The molecule has 258 valence electrons. The molecule has 0 spiro atoms. The quantitative estimate of drug-likeness (QED) is 0.0442. The number of carboxylic acids is 3. The summed E-state index contributed by atoms with van der Waals surface area (Å²) >= 11 is 0. The van der Waals surface area contributed by atoms with E-state index in [1.807, 2.05) is 13.8 Å². The highest BCUT2D eigenvalue weighted by molar-refractivity contribution is 5.70. The number of carbonyl (C=O) groups is 3. The minimum atomic E-state index is -1.15. The third-order valence-electron chi connectivity index (χ3n) is 9.49. The van der Waals surface area contributed by atoms with Gasteiger partial charge in [-0.2, -0.15) is 0 Å². The first-order valence-corrected chi connectivity index (χ1v) is 18.3. The highest BCUT2D eigenvalue weighted by Crippen LogP contribution is 2.24. The lowest BCUT2D eigenvalue weighted by Crippen LogP contribution is -2.59. The van der Waals surface area contributed by atoms with Gasteiger partial charge in [-0.3, -0.25) is 9.59 Å². The van der Waals surface area contributed by atoms with E-state index in [9.17, 15) is 29.7 Å². The Morgan fingerprint density at radius 3 is 1.23 bits per heavy atom. The Hall–Kier alpha value is -1.89. The molecule has 3 unspecified atom stereocenters. The normalized spacial score (nSPS) is 15.2. The molecule has 0 aromatic carbocycles. The van der Waals surface area contributed by atoms with Crippen LogP contribution in [0.5, 0.6) is 0 Å². The van der Waals surface area contributed by atoms with Crippen molar-refractivity contribution in [2.45, 2.75) is 163 Å². The minimum Gasteiger partial charge on any atom is -0.550 e. The van der Waals surface area contributed by atoms with Gasteiger partial charge in [0.15, 0.2) is 0 Å². The number of hydrogen-bond acceptors (Lipinski definition) is 4. The van der Waals surface area contributed by atoms with Crippen LogP contribution in [0, 0.1) is 17.8 Å². The lowest BCUT2D eigenvalue weighted by Gasteiger charge is -2.44. The van der Waals surface area contributed by atoms with E-state index < -0.39 is 35.7 Å². The summed E-state index contributed by atoms with van der Waals surface area (Å²) < 4.78 is 0.172. The topological polar surface area (TPSA) is 115 Å². The van der Waals surface area contributed by atoms with Gasteiger partial charge >= 0.3 is 11.9 Å². The first-order chi connectivity index (χ1) is 21.2. The van der Waals surface area contributed by atoms with Crippen molar-refractivity contribution in [3.05, 3.63) is 12.2 Å². The number of unbranched alkanes of at least 4 members (excludes halogenated alkanes) is 16. The summed E-state index contributed by atoms with van der Waals surface area (Å²) in [6.45, 7) is 8.86. The van der Waals surface area contributed by atoms with Gasteiger partial charge in [0.1, 0.15) is 11.8 Å². The van der Waals surface area contributed by atoms with Crippen LogP contribution in [-0.4, -0.2) is 58.8 Å². The SMILES string of the molecule is CCCCCCCCCCCCCCCCCC/C=C/CC[N+](CC(CC)C(=O)[O-])(CC(CC)C(=O)O)CC(CC)C(=O)O. The van der Waals surface area contributed by atoms with E-state index in [2.05, 4.69) is 19.1 Å². The van der Waals surface area contributed by atoms with Crippen LogP contribution in [0.2, 0.25) is 0 Å². The fourth-order valence-electron chi connectivity index (χ4n) is 6.43. The van der Waals surface area contributed by atoms with Gasteiger partial charge in [-0.05, 0) is 32.1 Å². The maximum absolute atomic E-state index is 12.0. The summed E-state index contributed by atoms with van der Waals surface area (Å²) in [5, 5.41) is 31.5. The lowest BCUT2D eigenvalue weighted by molar-refractivity contribution is -0.934. The van der Waals surface area contributed by atoms with Crippen LogP contribution in [0.4, 0.5) is 0 Å². The second-order valence-electron chi connectivity index (χ2n) is 13.3. The van der Waals surface area contributed by atoms with Crippen molar-refractivity contribution in [2.24, 2.45) is 17.8 Å². The van der Waals surface area contributed by atoms with Crippen molar-refractivity contribution >= 4 is 17.9 Å². The van der Waals surface area contributed by atoms with Crippen molar-refractivity contribution in [1.82, 2.24) is 0 Å². The molecule has 7 nitrogen and oxygen atoms in total. The smallest absolute Gasteiger partial charge is 0.312 e. The van der Waals surface area contributed by atoms with E-state index in [4.69, 9.17) is 0 Å². The zero-order valence-electron chi connectivity index (χ0n) is 29.0. The molecule has 0 aliphatic heterocycles. The molecular formula is C37H69NO6. The first kappa shape index (κ1) is 42.1. The van der Waals surface area contributed by atoms with Gasteiger partial charge in [0, 0.05) is 12.3 Å². The summed E-state index contributed by atoms with van der Waals surface area (Å²) in [7, 11) is 0. The van der Waals surface area contributed by atoms with E-state index in [-0.39, 0.29) is 24.1 Å². The van der Waals surface area contributed by atoms with Crippen molar-refractivity contribution in [3.8, 4) is 0 Å². The number of hydrogen-bond donors (Lipinski definition) is 2. The van der Waals surface area contributed by atoms with Crippen LogP contribution in [-0.2, 0) is 14.4 Å². The Morgan fingerprint density at radius 1 is 0.545 bits per heavy atom. The Bertz CT molecular complexity index is 707. The molecule has 44 heavy (non-hydrogen) atoms. The van der Waals surface area contributed by atoms with Gasteiger partial charge in [-0.15, -0.1) is 0 Å². The van der Waals surface area contributed by atoms with Crippen LogP contribution in [0.25, 0.3) is 0 Å². The van der Waals surface area contributed by atoms with Crippen LogP contribution < -0.4 is 5.11 Å². The molecule has 3 atom stereocenters. The molecule has 0 saturated heterocycles. The van der Waals surface area contributed by atoms with E-state index in [1.165, 1.54) is 96.3 Å². The molecule has 0 aromatic rings. The van der Waals surface area contributed by atoms with Crippen molar-refractivity contribution < 1.29 is 34.2 Å². The zero-order valence-corrected chi connectivity index (χ0v) is 29.0. The molecule has 0 heterocycles. The molecule has 0 aromatic heterocycles. The highest BCUT2D eigenvalue weighted by Gasteiger charge is 2.39. The molecule has 0 radical (unpaired) electrons. The standard InChI is InChI=1S/C37H69NO6/c1-5-9-10-11-12-13-14-15-16-17-18-19-20-21-22-23-24-25-26-27-28-38(29-32(6-2)35(39)40,30-33(7-3)36(41)42)31-34(8-4)37(43)44/h25-26,32-34H,5-24,27-31H2,1-4H3,(H2-,39,40,41,42,43,44)/b26-25+. The summed E-state index contributed by atoms with van der Waals surface area (Å²) in [6.07, 6.45) is 28.7. The first-order valence-electron chi connectivity index (χ1n) is 18.3. The van der Waals surface area contributed by atoms with Crippen molar-refractivity contribution in [2.75, 3.05) is 26.2 Å². The fourth-order valence-corrected chi connectivity index (χ4v) is 6.43. The molecule has 0 amide bonds. The maximum atomic E-state index is 12.0. The Kier molecular flexibility index (Phi) is 26.2. The third-order valence-corrected chi connectivity index (χ3v) is 9.49. The Balaban J connectivity index is 4.63. The lowest BCUT2D eigenvalue weighted by atomic mass is 9.96. The molecule has 0 rings (SSSR count). The highest BCUT2D eigenvalue weighted by atomic mass is 16.4. The summed E-state index contributed by atoms with van der Waals surface area (Å²) in [4.78, 5) is 35.8. The monoisotopic (exact) mass is 624 g/mol. The van der Waals surface area contributed by atoms with Crippen LogP contribution >= 0.6 is 0 Å². The Labute approximate surface area is 270 Å². The molecule has 0 aliphatic rings. The van der Waals surface area contributed by atoms with Gasteiger partial charge < -0.3 is 24.6 Å². The number of carbonyl (C=O) groups excluding carboxylic acids is 1. The number of carboxylic acid groups (broad SMARTS) is 3. The molecule has 7 heteroatoms. The van der Waals surface area contributed by atoms with E-state index in [0.717, 1.165) is 12.8 Å². The van der Waals surface area contributed by atoms with E-state index in [0.29, 0.717) is 32.2 Å². The van der Waals surface area contributed by atoms with Crippen LogP contribution in [0.15, 0.2) is 12.2 Å². The second kappa shape index (κ2) is 27.4. The summed E-state index contributed by atoms with van der Waals surface area (Å²) in [5.74, 6) is -5.05. The fraction of sp³-hybridized carbons (Fsp3) is 0.865. The van der Waals surface area contributed by atoms with Crippen molar-refractivity contribution in [3.63, 3.8) is 0 Å². The van der Waals surface area contributed by atoms with Gasteiger partial charge in [0.2, 0.25) is 0 Å². The third kappa shape index (κ3) is 21.0. The molecule has 0 saturated carbocycles. The second-order valence-corrected chi connectivity index (χ2v) is 13.3. The molecule has 0 fully saturated rings. The van der Waals surface area contributed by atoms with Crippen LogP contribution in [0.1, 0.15) is 163 Å². The van der Waals surface area contributed by atoms with Crippen molar-refractivity contribution in [1.29, 1.82) is 0 Å². The predicted molar refractivity (Wildman–Crippen MR) is 179 cm³/mol. The minimum absolute atomic E-state index is 0.172. The molecule has 2 N–H and O–H groups in total. The number of allylic oxidation sites excluding steroid dienone is 1. The summed E-state index contributed by atoms with van der Waals surface area (Å²) in [6, 6.07) is 0. The van der Waals surface area contributed by atoms with E-state index >= 15 is 0 Å². The number of aliphatic carboxylic acids is 3. The van der Waals surface area contributed by atoms with Gasteiger partial charge in [0.25, 0.3) is 0 Å². The van der Waals surface area contributed by atoms with E-state index in [1.54, 1.807) is 6.92 Å². The summed E-state index contributed by atoms with van der Waals surface area (Å²) in [5.41, 5.74) is 0. The molecule has 0 bridgehead atoms.